The third kappa shape index (κ3) is 2.99. The lowest BCUT2D eigenvalue weighted by atomic mass is 10.1. The van der Waals surface area contributed by atoms with Gasteiger partial charge in [0.15, 0.2) is 23.1 Å². The van der Waals surface area contributed by atoms with Crippen LogP contribution in [0.4, 0.5) is 18.9 Å². The van der Waals surface area contributed by atoms with E-state index in [0.717, 1.165) is 6.07 Å². The third-order valence-corrected chi connectivity index (χ3v) is 5.85. The normalized spacial score (nSPS) is 11.6. The van der Waals surface area contributed by atoms with Gasteiger partial charge in [-0.25, -0.2) is 22.9 Å². The molecule has 0 unspecified atom stereocenters. The monoisotopic (exact) mass is 374 g/mol. The summed E-state index contributed by atoms with van der Waals surface area (Å²) >= 11 is 5.64. The first-order valence-corrected chi connectivity index (χ1v) is 10.7. The van der Waals surface area contributed by atoms with E-state index in [4.69, 9.17) is 22.4 Å². The third-order valence-electron chi connectivity index (χ3n) is 3.46. The Morgan fingerprint density at radius 2 is 1.75 bits per heavy atom. The SMILES string of the molecule is C[Si](C)(C)c1ccc(-c2nc(C(=O)O)c(Cl)c(N)c2F)c(F)c1F. The minimum atomic E-state index is -2.16. The highest BCUT2D eigenvalue weighted by Gasteiger charge is 2.28. The van der Waals surface area contributed by atoms with E-state index in [9.17, 15) is 18.0 Å². The molecular weight excluding hydrogens is 361 g/mol. The summed E-state index contributed by atoms with van der Waals surface area (Å²) in [5.74, 6) is -5.17. The summed E-state index contributed by atoms with van der Waals surface area (Å²) in [4.78, 5) is 14.6. The second-order valence-corrected chi connectivity index (χ2v) is 11.6. The number of nitrogens with two attached hydrogens (primary N) is 1. The summed E-state index contributed by atoms with van der Waals surface area (Å²) < 4.78 is 43.1. The molecular formula is C15H14ClF3N2O2Si. The zero-order valence-corrected chi connectivity index (χ0v) is 14.8. The number of hydrogen-bond donors (Lipinski definition) is 2. The summed E-state index contributed by atoms with van der Waals surface area (Å²) in [6.07, 6.45) is 0. The zero-order valence-electron chi connectivity index (χ0n) is 13.0. The number of nitrogen functional groups attached to an aromatic ring is 1. The van der Waals surface area contributed by atoms with E-state index in [0.29, 0.717) is 0 Å². The van der Waals surface area contributed by atoms with Crippen molar-refractivity contribution in [2.24, 2.45) is 0 Å². The second kappa shape index (κ2) is 6.10. The van der Waals surface area contributed by atoms with Crippen molar-refractivity contribution in [3.05, 3.63) is 40.3 Å². The Hall–Kier alpha value is -2.06. The first kappa shape index (κ1) is 18.3. The van der Waals surface area contributed by atoms with Crippen LogP contribution in [-0.4, -0.2) is 24.1 Å². The summed E-state index contributed by atoms with van der Waals surface area (Å²) in [5.41, 5.74) is 2.79. The summed E-state index contributed by atoms with van der Waals surface area (Å²) in [5, 5.41) is 8.67. The van der Waals surface area contributed by atoms with Gasteiger partial charge < -0.3 is 10.8 Å². The van der Waals surface area contributed by atoms with Crippen LogP contribution < -0.4 is 10.9 Å². The molecule has 0 saturated carbocycles. The number of aromatic carboxylic acids is 1. The number of hydrogen-bond acceptors (Lipinski definition) is 3. The van der Waals surface area contributed by atoms with Gasteiger partial charge in [0.05, 0.1) is 18.8 Å². The van der Waals surface area contributed by atoms with Crippen LogP contribution in [-0.2, 0) is 0 Å². The van der Waals surface area contributed by atoms with E-state index in [1.54, 1.807) is 0 Å². The maximum Gasteiger partial charge on any atom is 0.356 e. The molecule has 0 amide bonds. The lowest BCUT2D eigenvalue weighted by molar-refractivity contribution is 0.0691. The molecule has 0 radical (unpaired) electrons. The summed E-state index contributed by atoms with van der Waals surface area (Å²) in [6, 6.07) is 2.52. The van der Waals surface area contributed by atoms with Crippen molar-refractivity contribution in [1.82, 2.24) is 4.98 Å². The van der Waals surface area contributed by atoms with Gasteiger partial charge in [0.25, 0.3) is 0 Å². The quantitative estimate of drug-likeness (QED) is 0.804. The first-order valence-electron chi connectivity index (χ1n) is 6.83. The Morgan fingerprint density at radius 3 is 2.25 bits per heavy atom. The average molecular weight is 375 g/mol. The predicted octanol–water partition coefficient (Wildman–Crippen LogP) is 3.64. The van der Waals surface area contributed by atoms with Crippen molar-refractivity contribution in [2.75, 3.05) is 5.73 Å². The maximum absolute atomic E-state index is 14.4. The van der Waals surface area contributed by atoms with Crippen molar-refractivity contribution >= 4 is 36.5 Å². The highest BCUT2D eigenvalue weighted by Crippen LogP contribution is 2.33. The number of anilines is 1. The van der Waals surface area contributed by atoms with Crippen LogP contribution in [0.3, 0.4) is 0 Å². The number of rotatable bonds is 3. The fourth-order valence-corrected chi connectivity index (χ4v) is 3.75. The molecule has 2 rings (SSSR count). The Morgan fingerprint density at radius 1 is 1.17 bits per heavy atom. The van der Waals surface area contributed by atoms with Gasteiger partial charge in [-0.05, 0) is 11.3 Å². The van der Waals surface area contributed by atoms with Crippen molar-refractivity contribution in [2.45, 2.75) is 19.6 Å². The Kier molecular flexibility index (Phi) is 4.65. The molecule has 2 aromatic rings. The smallest absolute Gasteiger partial charge is 0.356 e. The van der Waals surface area contributed by atoms with E-state index < -0.39 is 59.2 Å². The van der Waals surface area contributed by atoms with Crippen molar-refractivity contribution in [1.29, 1.82) is 0 Å². The summed E-state index contributed by atoms with van der Waals surface area (Å²) in [7, 11) is -2.16. The molecule has 9 heteroatoms. The van der Waals surface area contributed by atoms with Crippen LogP contribution in [0.1, 0.15) is 10.5 Å². The highest BCUT2D eigenvalue weighted by molar-refractivity contribution is 6.88. The fourth-order valence-electron chi connectivity index (χ4n) is 2.19. The molecule has 1 aromatic carbocycles. The average Bonchev–Trinajstić information content (AvgIpc) is 2.47. The van der Waals surface area contributed by atoms with Gasteiger partial charge in [-0.3, -0.25) is 0 Å². The molecule has 0 aliphatic carbocycles. The molecule has 0 aliphatic rings. The number of aromatic nitrogens is 1. The number of benzene rings is 1. The molecule has 4 nitrogen and oxygen atoms in total. The lowest BCUT2D eigenvalue weighted by Gasteiger charge is -2.19. The number of nitrogens with zero attached hydrogens (tertiary/aromatic N) is 1. The van der Waals surface area contributed by atoms with Crippen LogP contribution in [0.5, 0.6) is 0 Å². The predicted molar refractivity (Wildman–Crippen MR) is 88.9 cm³/mol. The summed E-state index contributed by atoms with van der Waals surface area (Å²) in [6.45, 7) is 5.48. The lowest BCUT2D eigenvalue weighted by Crippen LogP contribution is -2.40. The molecule has 3 N–H and O–H groups in total. The van der Waals surface area contributed by atoms with Gasteiger partial charge in [0, 0.05) is 5.56 Å². The molecule has 0 atom stereocenters. The zero-order chi connectivity index (χ0) is 18.4. The van der Waals surface area contributed by atoms with Gasteiger partial charge in [-0.15, -0.1) is 0 Å². The van der Waals surface area contributed by atoms with Gasteiger partial charge >= 0.3 is 5.97 Å². The molecule has 0 spiro atoms. The standard InChI is InChI=1S/C15H14ClF3N2O2Si/c1-24(2,3)7-5-4-6(9(17)10(7)18)13-11(19)12(20)8(16)14(21-13)15(22)23/h4-5H,1-3H3,(H2,20,21)(H,22,23). The van der Waals surface area contributed by atoms with Crippen LogP contribution in [0.15, 0.2) is 12.1 Å². The topological polar surface area (TPSA) is 76.2 Å². The highest BCUT2D eigenvalue weighted by atomic mass is 35.5. The van der Waals surface area contributed by atoms with E-state index in [1.165, 1.54) is 6.07 Å². The van der Waals surface area contributed by atoms with Gasteiger partial charge in [-0.2, -0.15) is 0 Å². The Balaban J connectivity index is 2.79. The van der Waals surface area contributed by atoms with Crippen LogP contribution >= 0.6 is 11.6 Å². The molecule has 1 heterocycles. The van der Waals surface area contributed by atoms with Crippen LogP contribution in [0, 0.1) is 17.5 Å². The fraction of sp³-hybridized carbons (Fsp3) is 0.200. The van der Waals surface area contributed by atoms with E-state index >= 15 is 0 Å². The Labute approximate surface area is 142 Å². The first-order chi connectivity index (χ1) is 11.0. The molecule has 24 heavy (non-hydrogen) atoms. The van der Waals surface area contributed by atoms with E-state index in [2.05, 4.69) is 4.98 Å². The number of halogens is 4. The van der Waals surface area contributed by atoms with Crippen LogP contribution in [0.25, 0.3) is 11.3 Å². The molecule has 0 saturated heterocycles. The van der Waals surface area contributed by atoms with Gasteiger partial charge in [-0.1, -0.05) is 37.3 Å². The van der Waals surface area contributed by atoms with Crippen LogP contribution in [0.2, 0.25) is 24.7 Å². The molecule has 0 aliphatic heterocycles. The minimum Gasteiger partial charge on any atom is -0.476 e. The Bertz CT molecular complexity index is 854. The number of pyridine rings is 1. The number of carboxylic acid groups (broad SMARTS) is 1. The number of carboxylic acids is 1. The molecule has 128 valence electrons. The van der Waals surface area contributed by atoms with E-state index in [-0.39, 0.29) is 5.19 Å². The van der Waals surface area contributed by atoms with Crippen molar-refractivity contribution in [3.8, 4) is 11.3 Å². The minimum absolute atomic E-state index is 0.226. The van der Waals surface area contributed by atoms with Gasteiger partial charge in [0.2, 0.25) is 0 Å². The molecule has 0 bridgehead atoms. The number of carbonyl (C=O) groups is 1. The maximum atomic E-state index is 14.4. The largest absolute Gasteiger partial charge is 0.476 e. The second-order valence-electron chi connectivity index (χ2n) is 6.19. The van der Waals surface area contributed by atoms with Crippen molar-refractivity contribution in [3.63, 3.8) is 0 Å². The van der Waals surface area contributed by atoms with Gasteiger partial charge in [0.1, 0.15) is 5.69 Å². The molecule has 0 fully saturated rings. The van der Waals surface area contributed by atoms with E-state index in [1.807, 2.05) is 19.6 Å². The van der Waals surface area contributed by atoms with Crippen molar-refractivity contribution < 1.29 is 23.1 Å². The molecule has 1 aromatic heterocycles.